The molecule has 1 saturated heterocycles. The summed E-state index contributed by atoms with van der Waals surface area (Å²) in [6.45, 7) is 3.27. The second-order valence-electron chi connectivity index (χ2n) is 6.41. The normalized spacial score (nSPS) is 18.0. The highest BCUT2D eigenvalue weighted by Crippen LogP contribution is 2.31. The standard InChI is InChI=1S/C18H22N4O2S/c23-25(24,14-15-5-2-1-3-6-15)22-11-9-21(10-12-22)18-8-4-7-17-16(18)13-19-20-17/h1-8,19-20H,9-14H2. The minimum absolute atomic E-state index is 0.0718. The minimum atomic E-state index is -3.27. The third-order valence-electron chi connectivity index (χ3n) is 4.80. The third kappa shape index (κ3) is 3.35. The summed E-state index contributed by atoms with van der Waals surface area (Å²) in [7, 11) is -3.27. The van der Waals surface area contributed by atoms with Crippen molar-refractivity contribution in [1.82, 2.24) is 9.73 Å². The lowest BCUT2D eigenvalue weighted by atomic mass is 10.1. The van der Waals surface area contributed by atoms with Gasteiger partial charge in [0.25, 0.3) is 0 Å². The zero-order valence-corrected chi connectivity index (χ0v) is 14.8. The minimum Gasteiger partial charge on any atom is -0.369 e. The second kappa shape index (κ2) is 6.67. The van der Waals surface area contributed by atoms with Crippen LogP contribution in [0.5, 0.6) is 0 Å². The number of hydrogen-bond donors (Lipinski definition) is 2. The van der Waals surface area contributed by atoms with Gasteiger partial charge in [-0.3, -0.25) is 0 Å². The molecule has 0 amide bonds. The molecule has 132 valence electrons. The Morgan fingerprint density at radius 3 is 2.44 bits per heavy atom. The lowest BCUT2D eigenvalue weighted by Crippen LogP contribution is -2.49. The monoisotopic (exact) mass is 358 g/mol. The highest BCUT2D eigenvalue weighted by molar-refractivity contribution is 7.88. The molecule has 0 atom stereocenters. The van der Waals surface area contributed by atoms with Crippen molar-refractivity contribution in [3.8, 4) is 0 Å². The van der Waals surface area contributed by atoms with Crippen LogP contribution in [-0.2, 0) is 22.3 Å². The number of anilines is 2. The Morgan fingerprint density at radius 1 is 0.920 bits per heavy atom. The topological polar surface area (TPSA) is 64.7 Å². The van der Waals surface area contributed by atoms with Gasteiger partial charge < -0.3 is 10.3 Å². The predicted molar refractivity (Wildman–Crippen MR) is 99.8 cm³/mol. The zero-order valence-electron chi connectivity index (χ0n) is 14.0. The Hall–Kier alpha value is -2.09. The summed E-state index contributed by atoms with van der Waals surface area (Å²) in [6, 6.07) is 15.6. The van der Waals surface area contributed by atoms with Gasteiger partial charge in [0.1, 0.15) is 0 Å². The van der Waals surface area contributed by atoms with Gasteiger partial charge in [0.15, 0.2) is 0 Å². The van der Waals surface area contributed by atoms with Crippen molar-refractivity contribution in [3.63, 3.8) is 0 Å². The van der Waals surface area contributed by atoms with Crippen LogP contribution in [0.1, 0.15) is 11.1 Å². The van der Waals surface area contributed by atoms with Crippen LogP contribution in [-0.4, -0.2) is 38.9 Å². The molecular weight excluding hydrogens is 336 g/mol. The molecule has 2 aromatic carbocycles. The van der Waals surface area contributed by atoms with Crippen LogP contribution in [0.15, 0.2) is 48.5 Å². The van der Waals surface area contributed by atoms with Crippen molar-refractivity contribution in [3.05, 3.63) is 59.7 Å². The van der Waals surface area contributed by atoms with Crippen LogP contribution in [0.3, 0.4) is 0 Å². The maximum atomic E-state index is 12.7. The van der Waals surface area contributed by atoms with Crippen molar-refractivity contribution in [2.75, 3.05) is 36.5 Å². The summed E-state index contributed by atoms with van der Waals surface area (Å²) in [5, 5.41) is 0. The molecule has 0 aliphatic carbocycles. The summed E-state index contributed by atoms with van der Waals surface area (Å²) < 4.78 is 27.0. The van der Waals surface area contributed by atoms with Crippen LogP contribution < -0.4 is 15.8 Å². The number of fused-ring (bicyclic) bond motifs is 1. The molecule has 6 nitrogen and oxygen atoms in total. The van der Waals surface area contributed by atoms with Gasteiger partial charge in [-0.1, -0.05) is 36.4 Å². The molecule has 2 heterocycles. The first-order valence-electron chi connectivity index (χ1n) is 8.51. The Balaban J connectivity index is 1.44. The smallest absolute Gasteiger partial charge is 0.218 e. The number of hydrogen-bond acceptors (Lipinski definition) is 5. The van der Waals surface area contributed by atoms with E-state index >= 15 is 0 Å². The Labute approximate surface area is 148 Å². The fourth-order valence-corrected chi connectivity index (χ4v) is 5.00. The van der Waals surface area contributed by atoms with Crippen LogP contribution >= 0.6 is 0 Å². The van der Waals surface area contributed by atoms with Gasteiger partial charge in [0, 0.05) is 44.0 Å². The van der Waals surface area contributed by atoms with E-state index < -0.39 is 10.0 Å². The number of piperazine rings is 1. The fraction of sp³-hybridized carbons (Fsp3) is 0.333. The van der Waals surface area contributed by atoms with E-state index in [4.69, 9.17) is 0 Å². The van der Waals surface area contributed by atoms with Crippen LogP contribution in [0, 0.1) is 0 Å². The molecule has 4 rings (SSSR count). The highest BCUT2D eigenvalue weighted by atomic mass is 32.2. The predicted octanol–water partition coefficient (Wildman–Crippen LogP) is 1.77. The average Bonchev–Trinajstić information content (AvgIpc) is 3.11. The molecule has 2 aliphatic rings. The largest absolute Gasteiger partial charge is 0.369 e. The summed E-state index contributed by atoms with van der Waals surface area (Å²) in [6.07, 6.45) is 0. The lowest BCUT2D eigenvalue weighted by molar-refractivity contribution is 0.384. The molecule has 0 spiro atoms. The molecule has 0 aromatic heterocycles. The van der Waals surface area contributed by atoms with E-state index in [1.165, 1.54) is 11.3 Å². The molecule has 25 heavy (non-hydrogen) atoms. The van der Waals surface area contributed by atoms with Crippen molar-refractivity contribution in [2.45, 2.75) is 12.3 Å². The number of benzene rings is 2. The van der Waals surface area contributed by atoms with E-state index in [-0.39, 0.29) is 5.75 Å². The number of nitrogens with one attached hydrogen (secondary N) is 2. The highest BCUT2D eigenvalue weighted by Gasteiger charge is 2.28. The molecule has 2 aromatic rings. The molecule has 1 fully saturated rings. The summed E-state index contributed by atoms with van der Waals surface area (Å²) >= 11 is 0. The SMILES string of the molecule is O=S(=O)(Cc1ccccc1)N1CCN(c2cccc3c2CNN3)CC1. The van der Waals surface area contributed by atoms with Crippen molar-refractivity contribution >= 4 is 21.4 Å². The van der Waals surface area contributed by atoms with E-state index in [0.29, 0.717) is 26.2 Å². The molecule has 0 bridgehead atoms. The van der Waals surface area contributed by atoms with E-state index in [9.17, 15) is 8.42 Å². The van der Waals surface area contributed by atoms with Gasteiger partial charge in [-0.25, -0.2) is 13.8 Å². The van der Waals surface area contributed by atoms with Gasteiger partial charge in [-0.05, 0) is 17.7 Å². The first-order chi connectivity index (χ1) is 12.1. The lowest BCUT2D eigenvalue weighted by Gasteiger charge is -2.36. The maximum absolute atomic E-state index is 12.7. The first kappa shape index (κ1) is 16.4. The molecule has 2 N–H and O–H groups in total. The van der Waals surface area contributed by atoms with Crippen molar-refractivity contribution in [1.29, 1.82) is 0 Å². The molecule has 2 aliphatic heterocycles. The Kier molecular flexibility index (Phi) is 4.37. The maximum Gasteiger partial charge on any atom is 0.218 e. The van der Waals surface area contributed by atoms with Crippen LogP contribution in [0.4, 0.5) is 11.4 Å². The molecule has 0 radical (unpaired) electrons. The number of sulfonamides is 1. The van der Waals surface area contributed by atoms with E-state index in [2.05, 4.69) is 27.9 Å². The molecule has 0 unspecified atom stereocenters. The zero-order chi connectivity index (χ0) is 17.3. The van der Waals surface area contributed by atoms with Crippen LogP contribution in [0.25, 0.3) is 0 Å². The van der Waals surface area contributed by atoms with Gasteiger partial charge in [0.05, 0.1) is 11.4 Å². The summed E-state index contributed by atoms with van der Waals surface area (Å²) in [5.41, 5.74) is 10.7. The fourth-order valence-electron chi connectivity index (χ4n) is 3.48. The summed E-state index contributed by atoms with van der Waals surface area (Å²) in [5.74, 6) is 0.0718. The second-order valence-corrected chi connectivity index (χ2v) is 8.38. The van der Waals surface area contributed by atoms with Crippen molar-refractivity contribution < 1.29 is 8.42 Å². The van der Waals surface area contributed by atoms with Gasteiger partial charge in [0.2, 0.25) is 10.0 Å². The first-order valence-corrected chi connectivity index (χ1v) is 10.1. The quantitative estimate of drug-likeness (QED) is 0.872. The number of hydrazine groups is 1. The Morgan fingerprint density at radius 2 is 1.68 bits per heavy atom. The van der Waals surface area contributed by atoms with Gasteiger partial charge in [-0.15, -0.1) is 0 Å². The molecular formula is C18H22N4O2S. The van der Waals surface area contributed by atoms with Crippen molar-refractivity contribution in [2.24, 2.45) is 0 Å². The Bertz CT molecular complexity index is 847. The number of rotatable bonds is 4. The van der Waals surface area contributed by atoms with Gasteiger partial charge in [-0.2, -0.15) is 4.31 Å². The summed E-state index contributed by atoms with van der Waals surface area (Å²) in [4.78, 5) is 2.28. The van der Waals surface area contributed by atoms with Gasteiger partial charge >= 0.3 is 0 Å². The van der Waals surface area contributed by atoms with E-state index in [0.717, 1.165) is 17.8 Å². The van der Waals surface area contributed by atoms with Crippen LogP contribution in [0.2, 0.25) is 0 Å². The third-order valence-corrected chi connectivity index (χ3v) is 6.65. The number of nitrogens with zero attached hydrogens (tertiary/aromatic N) is 2. The molecule has 0 saturated carbocycles. The van der Waals surface area contributed by atoms with E-state index in [1.807, 2.05) is 36.4 Å². The van der Waals surface area contributed by atoms with E-state index in [1.54, 1.807) is 4.31 Å². The average molecular weight is 358 g/mol. The molecule has 7 heteroatoms.